The molecule has 1 atom stereocenters. The Bertz CT molecular complexity index is 229. The maximum Gasteiger partial charge on any atom is 0.0580 e. The average molecular weight is 224 g/mol. The van der Waals surface area contributed by atoms with Crippen LogP contribution in [0.2, 0.25) is 0 Å². The fourth-order valence-electron chi connectivity index (χ4n) is 2.84. The third-order valence-corrected chi connectivity index (χ3v) is 3.83. The van der Waals surface area contributed by atoms with E-state index in [1.54, 1.807) is 0 Å². The highest BCUT2D eigenvalue weighted by Crippen LogP contribution is 2.26. The molecule has 0 radical (unpaired) electrons. The lowest BCUT2D eigenvalue weighted by Gasteiger charge is -2.25. The van der Waals surface area contributed by atoms with Gasteiger partial charge in [0.2, 0.25) is 0 Å². The zero-order valence-corrected chi connectivity index (χ0v) is 10.2. The lowest BCUT2D eigenvalue weighted by atomic mass is 9.89. The second-order valence-electron chi connectivity index (χ2n) is 5.26. The predicted octanol–water partition coefficient (Wildman–Crippen LogP) is 3.05. The fraction of sp³-hybridized carbons (Fsp3) is 0.857. The summed E-state index contributed by atoms with van der Waals surface area (Å²) in [6, 6.07) is 0. The molecule has 0 saturated carbocycles. The third-order valence-electron chi connectivity index (χ3n) is 3.83. The standard InChI is InChI=1S/C14H24O2/c15-14(10-12-4-2-1-3-5-12)11-13-6-8-16-9-7-13/h4,13-15H,1-3,5-11H2. The molecule has 92 valence electrons. The average Bonchev–Trinajstić information content (AvgIpc) is 2.31. The molecule has 16 heavy (non-hydrogen) atoms. The molecule has 1 aliphatic heterocycles. The minimum absolute atomic E-state index is 0.118. The molecule has 1 N–H and O–H groups in total. The molecule has 2 heteroatoms. The molecule has 1 fully saturated rings. The summed E-state index contributed by atoms with van der Waals surface area (Å²) in [4.78, 5) is 0. The lowest BCUT2D eigenvalue weighted by molar-refractivity contribution is 0.0437. The lowest BCUT2D eigenvalue weighted by Crippen LogP contribution is -2.21. The Morgan fingerprint density at radius 1 is 1.31 bits per heavy atom. The Morgan fingerprint density at radius 2 is 2.12 bits per heavy atom. The second-order valence-corrected chi connectivity index (χ2v) is 5.26. The Morgan fingerprint density at radius 3 is 2.81 bits per heavy atom. The molecule has 1 saturated heterocycles. The van der Waals surface area contributed by atoms with Crippen molar-refractivity contribution >= 4 is 0 Å². The summed E-state index contributed by atoms with van der Waals surface area (Å²) in [5.74, 6) is 0.688. The predicted molar refractivity (Wildman–Crippen MR) is 65.3 cm³/mol. The van der Waals surface area contributed by atoms with E-state index in [1.165, 1.54) is 31.3 Å². The zero-order valence-electron chi connectivity index (χ0n) is 10.2. The van der Waals surface area contributed by atoms with Crippen LogP contribution in [-0.4, -0.2) is 24.4 Å². The highest BCUT2D eigenvalue weighted by molar-refractivity contribution is 5.06. The van der Waals surface area contributed by atoms with Crippen LogP contribution in [0.25, 0.3) is 0 Å². The van der Waals surface area contributed by atoms with Crippen LogP contribution in [0.1, 0.15) is 51.4 Å². The molecule has 0 spiro atoms. The Kier molecular flexibility index (Phi) is 4.86. The summed E-state index contributed by atoms with van der Waals surface area (Å²) in [5.41, 5.74) is 1.49. The molecule has 2 nitrogen and oxygen atoms in total. The van der Waals surface area contributed by atoms with Crippen LogP contribution in [0.15, 0.2) is 11.6 Å². The van der Waals surface area contributed by atoms with Crippen molar-refractivity contribution in [3.8, 4) is 0 Å². The van der Waals surface area contributed by atoms with E-state index in [4.69, 9.17) is 4.74 Å². The van der Waals surface area contributed by atoms with Gasteiger partial charge in [0.15, 0.2) is 0 Å². The Labute approximate surface area is 98.7 Å². The molecule has 1 unspecified atom stereocenters. The van der Waals surface area contributed by atoms with Crippen LogP contribution < -0.4 is 0 Å². The summed E-state index contributed by atoms with van der Waals surface area (Å²) in [6.07, 6.45) is 11.5. The second kappa shape index (κ2) is 6.41. The molecule has 2 rings (SSSR count). The van der Waals surface area contributed by atoms with Crippen molar-refractivity contribution in [1.82, 2.24) is 0 Å². The van der Waals surface area contributed by atoms with Gasteiger partial charge in [-0.15, -0.1) is 0 Å². The summed E-state index contributed by atoms with van der Waals surface area (Å²) in [7, 11) is 0. The summed E-state index contributed by atoms with van der Waals surface area (Å²) in [5, 5.41) is 10.1. The Hall–Kier alpha value is -0.340. The maximum atomic E-state index is 10.1. The van der Waals surface area contributed by atoms with Gasteiger partial charge in [0.05, 0.1) is 6.10 Å². The van der Waals surface area contributed by atoms with Gasteiger partial charge in [0, 0.05) is 13.2 Å². The van der Waals surface area contributed by atoms with Gasteiger partial charge in [-0.25, -0.2) is 0 Å². The van der Waals surface area contributed by atoms with E-state index in [9.17, 15) is 5.11 Å². The first kappa shape index (κ1) is 12.1. The normalized spacial score (nSPS) is 25.2. The SMILES string of the molecule is OC(CC1=CCCCC1)CC1CCOCC1. The first-order valence-corrected chi connectivity index (χ1v) is 6.78. The summed E-state index contributed by atoms with van der Waals surface area (Å²) < 4.78 is 5.34. The van der Waals surface area contributed by atoms with Crippen LogP contribution in [0, 0.1) is 5.92 Å². The van der Waals surface area contributed by atoms with E-state index in [0.717, 1.165) is 38.9 Å². The number of aliphatic hydroxyl groups is 1. The van der Waals surface area contributed by atoms with Gasteiger partial charge in [-0.1, -0.05) is 11.6 Å². The summed E-state index contributed by atoms with van der Waals surface area (Å²) >= 11 is 0. The molecule has 1 heterocycles. The number of allylic oxidation sites excluding steroid dienone is 1. The number of rotatable bonds is 4. The molecular weight excluding hydrogens is 200 g/mol. The van der Waals surface area contributed by atoms with Crippen molar-refractivity contribution < 1.29 is 9.84 Å². The molecule has 1 aliphatic carbocycles. The number of hydrogen-bond acceptors (Lipinski definition) is 2. The number of hydrogen-bond donors (Lipinski definition) is 1. The molecule has 0 aromatic carbocycles. The number of aliphatic hydroxyl groups excluding tert-OH is 1. The van der Waals surface area contributed by atoms with Gasteiger partial charge in [-0.2, -0.15) is 0 Å². The van der Waals surface area contributed by atoms with Gasteiger partial charge < -0.3 is 9.84 Å². The van der Waals surface area contributed by atoms with Crippen LogP contribution >= 0.6 is 0 Å². The highest BCUT2D eigenvalue weighted by Gasteiger charge is 2.18. The van der Waals surface area contributed by atoms with Crippen LogP contribution in [0.3, 0.4) is 0 Å². The highest BCUT2D eigenvalue weighted by atomic mass is 16.5. The molecule has 0 bridgehead atoms. The third kappa shape index (κ3) is 3.91. The van der Waals surface area contributed by atoms with Gasteiger partial charge in [-0.05, 0) is 57.3 Å². The van der Waals surface area contributed by atoms with Crippen molar-refractivity contribution in [3.05, 3.63) is 11.6 Å². The van der Waals surface area contributed by atoms with Gasteiger partial charge in [-0.3, -0.25) is 0 Å². The van der Waals surface area contributed by atoms with E-state index in [-0.39, 0.29) is 6.10 Å². The minimum Gasteiger partial charge on any atom is -0.393 e. The molecule has 2 aliphatic rings. The van der Waals surface area contributed by atoms with Crippen molar-refractivity contribution in [2.24, 2.45) is 5.92 Å². The van der Waals surface area contributed by atoms with E-state index >= 15 is 0 Å². The number of ether oxygens (including phenoxy) is 1. The molecule has 0 aromatic rings. The quantitative estimate of drug-likeness (QED) is 0.744. The zero-order chi connectivity index (χ0) is 11.2. The van der Waals surface area contributed by atoms with Crippen molar-refractivity contribution in [2.45, 2.75) is 57.5 Å². The first-order valence-electron chi connectivity index (χ1n) is 6.78. The van der Waals surface area contributed by atoms with Crippen LogP contribution in [0.5, 0.6) is 0 Å². The van der Waals surface area contributed by atoms with E-state index in [0.29, 0.717) is 5.92 Å². The van der Waals surface area contributed by atoms with Crippen molar-refractivity contribution in [1.29, 1.82) is 0 Å². The largest absolute Gasteiger partial charge is 0.393 e. The van der Waals surface area contributed by atoms with Gasteiger partial charge in [0.1, 0.15) is 0 Å². The molecule has 0 aromatic heterocycles. The van der Waals surface area contributed by atoms with Crippen molar-refractivity contribution in [3.63, 3.8) is 0 Å². The van der Waals surface area contributed by atoms with Crippen LogP contribution in [0.4, 0.5) is 0 Å². The van der Waals surface area contributed by atoms with Crippen molar-refractivity contribution in [2.75, 3.05) is 13.2 Å². The van der Waals surface area contributed by atoms with Gasteiger partial charge in [0.25, 0.3) is 0 Å². The van der Waals surface area contributed by atoms with E-state index in [2.05, 4.69) is 6.08 Å². The topological polar surface area (TPSA) is 29.5 Å². The first-order chi connectivity index (χ1) is 7.84. The smallest absolute Gasteiger partial charge is 0.0580 e. The monoisotopic (exact) mass is 224 g/mol. The maximum absolute atomic E-state index is 10.1. The summed E-state index contributed by atoms with van der Waals surface area (Å²) in [6.45, 7) is 1.78. The molecule has 0 amide bonds. The van der Waals surface area contributed by atoms with E-state index < -0.39 is 0 Å². The molecular formula is C14H24O2. The van der Waals surface area contributed by atoms with Gasteiger partial charge >= 0.3 is 0 Å². The fourth-order valence-corrected chi connectivity index (χ4v) is 2.84. The van der Waals surface area contributed by atoms with Crippen LogP contribution in [-0.2, 0) is 4.74 Å². The Balaban J connectivity index is 1.70. The van der Waals surface area contributed by atoms with E-state index in [1.807, 2.05) is 0 Å². The minimum atomic E-state index is -0.118.